The van der Waals surface area contributed by atoms with Crippen molar-refractivity contribution in [1.29, 1.82) is 0 Å². The highest BCUT2D eigenvalue weighted by Crippen LogP contribution is 2.27. The molecule has 23 heavy (non-hydrogen) atoms. The molecule has 0 unspecified atom stereocenters. The van der Waals surface area contributed by atoms with Crippen LogP contribution in [0.1, 0.15) is 11.1 Å². The SMILES string of the molecule is Cc1ccc(-c2cnoc2NC(=O)NCc2ccccc2)cc1. The van der Waals surface area contributed by atoms with Crippen LogP contribution in [-0.4, -0.2) is 11.2 Å². The predicted octanol–water partition coefficient (Wildman–Crippen LogP) is 3.97. The van der Waals surface area contributed by atoms with Gasteiger partial charge in [0, 0.05) is 6.54 Å². The molecule has 3 rings (SSSR count). The lowest BCUT2D eigenvalue weighted by Gasteiger charge is -2.07. The summed E-state index contributed by atoms with van der Waals surface area (Å²) < 4.78 is 5.15. The maximum absolute atomic E-state index is 12.0. The number of aryl methyl sites for hydroxylation is 1. The number of urea groups is 1. The van der Waals surface area contributed by atoms with Gasteiger partial charge in [0.1, 0.15) is 0 Å². The Labute approximate surface area is 134 Å². The van der Waals surface area contributed by atoms with Crippen molar-refractivity contribution in [3.05, 3.63) is 71.9 Å². The molecule has 0 aliphatic rings. The van der Waals surface area contributed by atoms with E-state index in [1.165, 1.54) is 5.56 Å². The third kappa shape index (κ3) is 3.77. The Kier molecular flexibility index (Phi) is 4.38. The molecule has 3 aromatic rings. The van der Waals surface area contributed by atoms with Gasteiger partial charge in [0.15, 0.2) is 0 Å². The van der Waals surface area contributed by atoms with Crippen LogP contribution in [0.25, 0.3) is 11.1 Å². The fourth-order valence-corrected chi connectivity index (χ4v) is 2.19. The second kappa shape index (κ2) is 6.79. The maximum Gasteiger partial charge on any atom is 0.321 e. The Bertz CT molecular complexity index is 780. The minimum Gasteiger partial charge on any atom is -0.338 e. The number of rotatable bonds is 4. The summed E-state index contributed by atoms with van der Waals surface area (Å²) in [5, 5.41) is 9.26. The molecular weight excluding hydrogens is 290 g/mol. The Morgan fingerprint density at radius 2 is 1.83 bits per heavy atom. The van der Waals surface area contributed by atoms with Gasteiger partial charge in [0.05, 0.1) is 11.8 Å². The van der Waals surface area contributed by atoms with Crippen molar-refractivity contribution in [2.45, 2.75) is 13.5 Å². The Morgan fingerprint density at radius 3 is 2.57 bits per heavy atom. The Hall–Kier alpha value is -3.08. The summed E-state index contributed by atoms with van der Waals surface area (Å²) in [4.78, 5) is 12.0. The molecule has 0 spiro atoms. The molecule has 0 saturated heterocycles. The third-order valence-electron chi connectivity index (χ3n) is 3.46. The summed E-state index contributed by atoms with van der Waals surface area (Å²) >= 11 is 0. The normalized spacial score (nSPS) is 10.3. The molecule has 0 atom stereocenters. The van der Waals surface area contributed by atoms with Crippen LogP contribution in [0.2, 0.25) is 0 Å². The van der Waals surface area contributed by atoms with Gasteiger partial charge in [-0.25, -0.2) is 4.79 Å². The molecule has 2 amide bonds. The molecule has 0 aliphatic carbocycles. The summed E-state index contributed by atoms with van der Waals surface area (Å²) in [6.45, 7) is 2.47. The first-order valence-electron chi connectivity index (χ1n) is 7.33. The number of hydrogen-bond donors (Lipinski definition) is 2. The molecule has 2 aromatic carbocycles. The van der Waals surface area contributed by atoms with Gasteiger partial charge in [-0.2, -0.15) is 0 Å². The average Bonchev–Trinajstić information content (AvgIpc) is 3.03. The van der Waals surface area contributed by atoms with E-state index < -0.39 is 0 Å². The number of benzene rings is 2. The van der Waals surface area contributed by atoms with Crippen molar-refractivity contribution in [3.8, 4) is 11.1 Å². The van der Waals surface area contributed by atoms with Crippen LogP contribution in [0, 0.1) is 6.92 Å². The monoisotopic (exact) mass is 307 g/mol. The van der Waals surface area contributed by atoms with E-state index in [9.17, 15) is 4.79 Å². The topological polar surface area (TPSA) is 67.2 Å². The number of amides is 2. The quantitative estimate of drug-likeness (QED) is 0.766. The minimum absolute atomic E-state index is 0.333. The summed E-state index contributed by atoms with van der Waals surface area (Å²) in [7, 11) is 0. The zero-order valence-electron chi connectivity index (χ0n) is 12.7. The van der Waals surface area contributed by atoms with Crippen LogP contribution >= 0.6 is 0 Å². The molecule has 0 fully saturated rings. The number of anilines is 1. The standard InChI is InChI=1S/C18H17N3O2/c1-13-7-9-15(10-8-13)16-12-20-23-17(16)21-18(22)19-11-14-5-3-2-4-6-14/h2-10,12H,11H2,1H3,(H2,19,21,22). The Balaban J connectivity index is 1.65. The van der Waals surface area contributed by atoms with Crippen molar-refractivity contribution < 1.29 is 9.32 Å². The highest BCUT2D eigenvalue weighted by Gasteiger charge is 2.13. The lowest BCUT2D eigenvalue weighted by atomic mass is 10.1. The lowest BCUT2D eigenvalue weighted by molar-refractivity contribution is 0.251. The van der Waals surface area contributed by atoms with Crippen molar-refractivity contribution in [2.75, 3.05) is 5.32 Å². The molecule has 0 aliphatic heterocycles. The van der Waals surface area contributed by atoms with Gasteiger partial charge < -0.3 is 9.84 Å². The summed E-state index contributed by atoms with van der Waals surface area (Å²) in [6.07, 6.45) is 1.59. The molecule has 2 N–H and O–H groups in total. The van der Waals surface area contributed by atoms with Crippen molar-refractivity contribution in [2.24, 2.45) is 0 Å². The zero-order chi connectivity index (χ0) is 16.1. The van der Waals surface area contributed by atoms with E-state index in [4.69, 9.17) is 4.52 Å². The summed E-state index contributed by atoms with van der Waals surface area (Å²) in [6, 6.07) is 17.3. The van der Waals surface area contributed by atoms with Crippen molar-refractivity contribution >= 4 is 11.9 Å². The first-order chi connectivity index (χ1) is 11.2. The average molecular weight is 307 g/mol. The smallest absolute Gasteiger partial charge is 0.321 e. The largest absolute Gasteiger partial charge is 0.338 e. The fraction of sp³-hybridized carbons (Fsp3) is 0.111. The van der Waals surface area contributed by atoms with E-state index in [0.717, 1.165) is 16.7 Å². The molecule has 5 heteroatoms. The van der Waals surface area contributed by atoms with Gasteiger partial charge in [-0.1, -0.05) is 65.3 Å². The molecule has 1 aromatic heterocycles. The van der Waals surface area contributed by atoms with Gasteiger partial charge in [-0.15, -0.1) is 0 Å². The first kappa shape index (κ1) is 14.8. The van der Waals surface area contributed by atoms with Gasteiger partial charge >= 0.3 is 6.03 Å². The van der Waals surface area contributed by atoms with Crippen molar-refractivity contribution in [3.63, 3.8) is 0 Å². The van der Waals surface area contributed by atoms with E-state index in [-0.39, 0.29) is 6.03 Å². The number of nitrogens with zero attached hydrogens (tertiary/aromatic N) is 1. The van der Waals surface area contributed by atoms with E-state index in [0.29, 0.717) is 12.4 Å². The van der Waals surface area contributed by atoms with Gasteiger partial charge in [-0.3, -0.25) is 5.32 Å². The maximum atomic E-state index is 12.0. The van der Waals surface area contributed by atoms with Crippen LogP contribution in [0.5, 0.6) is 0 Å². The van der Waals surface area contributed by atoms with Gasteiger partial charge in [-0.05, 0) is 18.1 Å². The molecule has 1 heterocycles. The molecule has 0 bridgehead atoms. The van der Waals surface area contributed by atoms with Crippen LogP contribution < -0.4 is 10.6 Å². The van der Waals surface area contributed by atoms with E-state index in [2.05, 4.69) is 15.8 Å². The third-order valence-corrected chi connectivity index (χ3v) is 3.46. The number of carbonyl (C=O) groups excluding carboxylic acids is 1. The first-order valence-corrected chi connectivity index (χ1v) is 7.33. The Morgan fingerprint density at radius 1 is 1.09 bits per heavy atom. The van der Waals surface area contributed by atoms with Crippen LogP contribution in [0.3, 0.4) is 0 Å². The second-order valence-corrected chi connectivity index (χ2v) is 5.23. The number of aromatic nitrogens is 1. The second-order valence-electron chi connectivity index (χ2n) is 5.23. The highest BCUT2D eigenvalue weighted by molar-refractivity contribution is 5.92. The van der Waals surface area contributed by atoms with Crippen LogP contribution in [-0.2, 0) is 6.54 Å². The van der Waals surface area contributed by atoms with E-state index in [1.54, 1.807) is 6.20 Å². The molecule has 5 nitrogen and oxygen atoms in total. The van der Waals surface area contributed by atoms with E-state index in [1.807, 2.05) is 61.5 Å². The molecular formula is C18H17N3O2. The highest BCUT2D eigenvalue weighted by atomic mass is 16.5. The number of nitrogens with one attached hydrogen (secondary N) is 2. The zero-order valence-corrected chi connectivity index (χ0v) is 12.7. The van der Waals surface area contributed by atoms with E-state index >= 15 is 0 Å². The van der Waals surface area contributed by atoms with Gasteiger partial charge in [0.2, 0.25) is 5.88 Å². The number of hydrogen-bond acceptors (Lipinski definition) is 3. The summed E-state index contributed by atoms with van der Waals surface area (Å²) in [5.41, 5.74) is 3.88. The fourth-order valence-electron chi connectivity index (χ4n) is 2.19. The lowest BCUT2D eigenvalue weighted by Crippen LogP contribution is -2.28. The van der Waals surface area contributed by atoms with Crippen LogP contribution in [0.15, 0.2) is 65.3 Å². The number of carbonyl (C=O) groups is 1. The predicted molar refractivity (Wildman–Crippen MR) is 89.0 cm³/mol. The van der Waals surface area contributed by atoms with Crippen molar-refractivity contribution in [1.82, 2.24) is 10.5 Å². The minimum atomic E-state index is -0.334. The summed E-state index contributed by atoms with van der Waals surface area (Å²) in [5.74, 6) is 0.333. The van der Waals surface area contributed by atoms with Crippen LogP contribution in [0.4, 0.5) is 10.7 Å². The molecule has 0 radical (unpaired) electrons. The van der Waals surface area contributed by atoms with Gasteiger partial charge in [0.25, 0.3) is 0 Å². The molecule has 116 valence electrons. The molecule has 0 saturated carbocycles.